The highest BCUT2D eigenvalue weighted by molar-refractivity contribution is 9.10. The summed E-state index contributed by atoms with van der Waals surface area (Å²) in [5.74, 6) is 0. The van der Waals surface area contributed by atoms with Crippen molar-refractivity contribution < 1.29 is 0 Å². The Kier molecular flexibility index (Phi) is 2.11. The van der Waals surface area contributed by atoms with Crippen LogP contribution in [-0.4, -0.2) is 0 Å². The molecule has 2 aromatic rings. The van der Waals surface area contributed by atoms with E-state index in [1.165, 1.54) is 22.3 Å². The van der Waals surface area contributed by atoms with Gasteiger partial charge in [-0.1, -0.05) is 41.9 Å². The highest BCUT2D eigenvalue weighted by Gasteiger charge is 2.20. The summed E-state index contributed by atoms with van der Waals surface area (Å²) in [6.07, 6.45) is 0.979. The molecule has 0 unspecified atom stereocenters. The molecule has 0 fully saturated rings. The second kappa shape index (κ2) is 3.36. The van der Waals surface area contributed by atoms with Gasteiger partial charge < -0.3 is 0 Å². The lowest BCUT2D eigenvalue weighted by Crippen LogP contribution is -1.83. The molecule has 0 spiro atoms. The van der Waals surface area contributed by atoms with E-state index >= 15 is 0 Å². The molecule has 2 aromatic carbocycles. The van der Waals surface area contributed by atoms with Crippen LogP contribution in [0.25, 0.3) is 11.1 Å². The van der Waals surface area contributed by atoms with Gasteiger partial charge in [-0.15, -0.1) is 0 Å². The first kappa shape index (κ1) is 9.44. The smallest absolute Gasteiger partial charge is 0.0551 e. The fourth-order valence-electron chi connectivity index (χ4n) is 2.15. The van der Waals surface area contributed by atoms with E-state index in [0.717, 1.165) is 15.9 Å². The molecule has 0 aromatic heterocycles. The molecule has 0 bridgehead atoms. The summed E-state index contributed by atoms with van der Waals surface area (Å²) in [6.45, 7) is 0. The molecule has 2 heteroatoms. The van der Waals surface area contributed by atoms with Gasteiger partial charge in [0.25, 0.3) is 0 Å². The van der Waals surface area contributed by atoms with E-state index in [1.807, 2.05) is 6.07 Å². The van der Waals surface area contributed by atoms with Gasteiger partial charge in [0.05, 0.1) is 5.02 Å². The zero-order valence-electron chi connectivity index (χ0n) is 7.93. The van der Waals surface area contributed by atoms with Gasteiger partial charge in [-0.2, -0.15) is 0 Å². The lowest BCUT2D eigenvalue weighted by Gasteiger charge is -2.04. The van der Waals surface area contributed by atoms with E-state index in [9.17, 15) is 0 Å². The molecule has 0 N–H and O–H groups in total. The summed E-state index contributed by atoms with van der Waals surface area (Å²) in [5, 5.41) is 0.793. The van der Waals surface area contributed by atoms with Crippen molar-refractivity contribution >= 4 is 27.5 Å². The summed E-state index contributed by atoms with van der Waals surface area (Å²) in [6, 6.07) is 12.6. The molecular formula is C13H8BrCl. The molecule has 74 valence electrons. The minimum absolute atomic E-state index is 0.793. The zero-order chi connectivity index (χ0) is 10.4. The predicted molar refractivity (Wildman–Crippen MR) is 67.4 cm³/mol. The molecule has 0 heterocycles. The summed E-state index contributed by atoms with van der Waals surface area (Å²) >= 11 is 9.65. The van der Waals surface area contributed by atoms with Crippen LogP contribution in [0, 0.1) is 0 Å². The maximum absolute atomic E-state index is 6.09. The van der Waals surface area contributed by atoms with Crippen LogP contribution in [0.5, 0.6) is 0 Å². The summed E-state index contributed by atoms with van der Waals surface area (Å²) in [5.41, 5.74) is 5.34. The first-order valence-electron chi connectivity index (χ1n) is 4.82. The van der Waals surface area contributed by atoms with Crippen LogP contribution in [-0.2, 0) is 6.42 Å². The lowest BCUT2D eigenvalue weighted by atomic mass is 10.1. The predicted octanol–water partition coefficient (Wildman–Crippen LogP) is 4.67. The minimum Gasteiger partial charge on any atom is -0.0831 e. The van der Waals surface area contributed by atoms with Crippen LogP contribution < -0.4 is 0 Å². The van der Waals surface area contributed by atoms with Crippen molar-refractivity contribution in [3.8, 4) is 11.1 Å². The molecule has 0 saturated carbocycles. The Morgan fingerprint density at radius 3 is 2.67 bits per heavy atom. The Morgan fingerprint density at radius 1 is 1.00 bits per heavy atom. The molecule has 0 aliphatic heterocycles. The Bertz CT molecular complexity index is 546. The van der Waals surface area contributed by atoms with Crippen LogP contribution in [0.3, 0.4) is 0 Å². The third kappa shape index (κ3) is 1.34. The Hall–Kier alpha value is -0.790. The van der Waals surface area contributed by atoms with Gasteiger partial charge in [-0.3, -0.25) is 0 Å². The van der Waals surface area contributed by atoms with Crippen molar-refractivity contribution in [3.63, 3.8) is 0 Å². The monoisotopic (exact) mass is 278 g/mol. The van der Waals surface area contributed by atoms with E-state index in [1.54, 1.807) is 0 Å². The topological polar surface area (TPSA) is 0 Å². The molecule has 0 atom stereocenters. The summed E-state index contributed by atoms with van der Waals surface area (Å²) in [7, 11) is 0. The van der Waals surface area contributed by atoms with Crippen LogP contribution in [0.2, 0.25) is 5.02 Å². The number of benzene rings is 2. The third-order valence-electron chi connectivity index (χ3n) is 2.87. The number of hydrogen-bond acceptors (Lipinski definition) is 0. The Morgan fingerprint density at radius 2 is 1.80 bits per heavy atom. The first-order valence-corrected chi connectivity index (χ1v) is 5.99. The van der Waals surface area contributed by atoms with Gasteiger partial charge in [-0.05, 0) is 50.7 Å². The van der Waals surface area contributed by atoms with Crippen molar-refractivity contribution in [1.82, 2.24) is 0 Å². The maximum atomic E-state index is 6.09. The van der Waals surface area contributed by atoms with Crippen LogP contribution in [0.1, 0.15) is 11.1 Å². The number of rotatable bonds is 0. The molecule has 3 rings (SSSR count). The van der Waals surface area contributed by atoms with E-state index in [-0.39, 0.29) is 0 Å². The Labute approximate surface area is 102 Å². The van der Waals surface area contributed by atoms with Gasteiger partial charge in [-0.25, -0.2) is 0 Å². The van der Waals surface area contributed by atoms with Crippen molar-refractivity contribution in [2.75, 3.05) is 0 Å². The van der Waals surface area contributed by atoms with Gasteiger partial charge in [0.1, 0.15) is 0 Å². The normalized spacial score (nSPS) is 12.4. The summed E-state index contributed by atoms with van der Waals surface area (Å²) in [4.78, 5) is 0. The van der Waals surface area contributed by atoms with E-state index < -0.39 is 0 Å². The highest BCUT2D eigenvalue weighted by atomic mass is 79.9. The van der Waals surface area contributed by atoms with E-state index in [0.29, 0.717) is 0 Å². The SMILES string of the molecule is Clc1ccc2c(c1Br)Cc1ccccc1-2. The van der Waals surface area contributed by atoms with Gasteiger partial charge >= 0.3 is 0 Å². The fourth-order valence-corrected chi connectivity index (χ4v) is 2.81. The fraction of sp³-hybridized carbons (Fsp3) is 0.0769. The van der Waals surface area contributed by atoms with Crippen LogP contribution in [0.4, 0.5) is 0 Å². The highest BCUT2D eigenvalue weighted by Crippen LogP contribution is 2.42. The van der Waals surface area contributed by atoms with E-state index in [2.05, 4.69) is 46.3 Å². The standard InChI is InChI=1S/C13H8BrCl/c14-13-11-7-8-3-1-2-4-9(8)10(11)5-6-12(13)15/h1-6H,7H2. The molecular weight excluding hydrogens is 272 g/mol. The molecule has 15 heavy (non-hydrogen) atoms. The molecule has 0 radical (unpaired) electrons. The quantitative estimate of drug-likeness (QED) is 0.561. The van der Waals surface area contributed by atoms with Gasteiger partial charge in [0.15, 0.2) is 0 Å². The molecule has 1 aliphatic rings. The second-order valence-corrected chi connectivity index (χ2v) is 4.92. The number of hydrogen-bond donors (Lipinski definition) is 0. The van der Waals surface area contributed by atoms with E-state index in [4.69, 9.17) is 11.6 Å². The minimum atomic E-state index is 0.793. The molecule has 0 amide bonds. The third-order valence-corrected chi connectivity index (χ3v) is 4.32. The molecule has 0 saturated heterocycles. The molecule has 1 aliphatic carbocycles. The van der Waals surface area contributed by atoms with Crippen molar-refractivity contribution in [1.29, 1.82) is 0 Å². The van der Waals surface area contributed by atoms with Gasteiger partial charge in [0, 0.05) is 4.47 Å². The van der Waals surface area contributed by atoms with Crippen molar-refractivity contribution in [2.24, 2.45) is 0 Å². The van der Waals surface area contributed by atoms with Crippen molar-refractivity contribution in [3.05, 3.63) is 57.0 Å². The van der Waals surface area contributed by atoms with Crippen molar-refractivity contribution in [2.45, 2.75) is 6.42 Å². The first-order chi connectivity index (χ1) is 7.27. The number of fused-ring (bicyclic) bond motifs is 3. The summed E-state index contributed by atoms with van der Waals surface area (Å²) < 4.78 is 1.04. The van der Waals surface area contributed by atoms with Gasteiger partial charge in [0.2, 0.25) is 0 Å². The zero-order valence-corrected chi connectivity index (χ0v) is 10.3. The van der Waals surface area contributed by atoms with Crippen LogP contribution in [0.15, 0.2) is 40.9 Å². The number of halogens is 2. The lowest BCUT2D eigenvalue weighted by molar-refractivity contribution is 1.25. The molecule has 0 nitrogen and oxygen atoms in total. The van der Waals surface area contributed by atoms with Crippen LogP contribution >= 0.6 is 27.5 Å². The largest absolute Gasteiger partial charge is 0.0831 e. The average Bonchev–Trinajstić information content (AvgIpc) is 2.63. The second-order valence-electron chi connectivity index (χ2n) is 3.72. The Balaban J connectivity index is 2.31. The maximum Gasteiger partial charge on any atom is 0.0551 e. The average molecular weight is 280 g/mol.